The summed E-state index contributed by atoms with van der Waals surface area (Å²) in [6, 6.07) is 24.1. The predicted molar refractivity (Wildman–Crippen MR) is 194 cm³/mol. The highest BCUT2D eigenvalue weighted by Gasteiger charge is 2.70. The van der Waals surface area contributed by atoms with Gasteiger partial charge in [-0.2, -0.15) is 0 Å². The van der Waals surface area contributed by atoms with Crippen molar-refractivity contribution in [2.24, 2.45) is 23.7 Å². The van der Waals surface area contributed by atoms with Crippen molar-refractivity contribution in [1.29, 1.82) is 0 Å². The van der Waals surface area contributed by atoms with Crippen LogP contribution >= 0.6 is 27.5 Å². The minimum absolute atomic E-state index is 0.0354. The maximum absolute atomic E-state index is 15.4. The highest BCUT2D eigenvalue weighted by molar-refractivity contribution is 9.10. The third-order valence-electron chi connectivity index (χ3n) is 11.1. The zero-order valence-electron chi connectivity index (χ0n) is 27.4. The number of halogens is 2. The zero-order chi connectivity index (χ0) is 36.6. The van der Waals surface area contributed by atoms with E-state index in [1.165, 1.54) is 31.4 Å². The highest BCUT2D eigenvalue weighted by Crippen LogP contribution is 2.66. The number of nitro groups is 1. The summed E-state index contributed by atoms with van der Waals surface area (Å²) in [6.45, 7) is 0. The van der Waals surface area contributed by atoms with E-state index in [9.17, 15) is 29.6 Å². The first-order valence-corrected chi connectivity index (χ1v) is 17.7. The number of allylic oxidation sites excluding steroid dienone is 2. The van der Waals surface area contributed by atoms with Crippen LogP contribution in [-0.2, 0) is 24.6 Å². The lowest BCUT2D eigenvalue weighted by atomic mass is 9.49. The summed E-state index contributed by atoms with van der Waals surface area (Å²) in [5.41, 5.74) is -0.0404. The van der Waals surface area contributed by atoms with Crippen molar-refractivity contribution in [3.8, 4) is 11.5 Å². The summed E-state index contributed by atoms with van der Waals surface area (Å²) < 4.78 is 6.10. The second-order valence-corrected chi connectivity index (χ2v) is 14.8. The summed E-state index contributed by atoms with van der Waals surface area (Å²) in [4.78, 5) is 72.0. The van der Waals surface area contributed by atoms with Gasteiger partial charge in [0.05, 0.1) is 46.6 Å². The number of aromatic hydroxyl groups is 1. The summed E-state index contributed by atoms with van der Waals surface area (Å²) in [6.07, 6.45) is 2.03. The lowest BCUT2D eigenvalue weighted by Crippen LogP contribution is -2.53. The average Bonchev–Trinajstić information content (AvgIpc) is 3.53. The van der Waals surface area contributed by atoms with E-state index in [-0.39, 0.29) is 41.4 Å². The van der Waals surface area contributed by atoms with Crippen LogP contribution in [0.15, 0.2) is 107 Å². The Hall–Kier alpha value is -5.33. The molecule has 2 heterocycles. The molecule has 2 aliphatic carbocycles. The van der Waals surface area contributed by atoms with E-state index in [0.29, 0.717) is 26.2 Å². The van der Waals surface area contributed by atoms with Crippen LogP contribution in [0, 0.1) is 33.8 Å². The van der Waals surface area contributed by atoms with Gasteiger partial charge >= 0.3 is 0 Å². The van der Waals surface area contributed by atoms with E-state index >= 15 is 4.79 Å². The van der Waals surface area contributed by atoms with Crippen LogP contribution in [0.25, 0.3) is 0 Å². The van der Waals surface area contributed by atoms with Gasteiger partial charge in [0.2, 0.25) is 23.6 Å². The molecule has 3 fully saturated rings. The second kappa shape index (κ2) is 12.4. The number of benzene rings is 4. The molecule has 0 bridgehead atoms. The minimum Gasteiger partial charge on any atom is -0.504 e. The first kappa shape index (κ1) is 33.8. The lowest BCUT2D eigenvalue weighted by molar-refractivity contribution is -0.384. The van der Waals surface area contributed by atoms with Crippen LogP contribution in [0.1, 0.15) is 29.9 Å². The normalized spacial score (nSPS) is 26.5. The van der Waals surface area contributed by atoms with E-state index < -0.39 is 63.6 Å². The molecule has 6 unspecified atom stereocenters. The number of imide groups is 2. The molecular weight excluding hydrogens is 754 g/mol. The Labute approximate surface area is 310 Å². The number of carbonyl (C=O) groups is 4. The van der Waals surface area contributed by atoms with Crippen molar-refractivity contribution in [2.75, 3.05) is 16.9 Å². The zero-order valence-corrected chi connectivity index (χ0v) is 29.8. The van der Waals surface area contributed by atoms with Gasteiger partial charge in [-0.3, -0.25) is 29.3 Å². The number of rotatable bonds is 6. The Morgan fingerprint density at radius 1 is 0.885 bits per heavy atom. The number of nitrogens with zero attached hydrogens (tertiary/aromatic N) is 3. The number of amides is 4. The Bertz CT molecular complexity index is 2260. The largest absolute Gasteiger partial charge is 0.504 e. The number of nitro benzene ring substituents is 1. The van der Waals surface area contributed by atoms with Gasteiger partial charge in [-0.05, 0) is 60.7 Å². The molecule has 8 rings (SSSR count). The second-order valence-electron chi connectivity index (χ2n) is 13.4. The summed E-state index contributed by atoms with van der Waals surface area (Å²) in [5.74, 6) is -6.69. The van der Waals surface area contributed by atoms with Crippen molar-refractivity contribution in [1.82, 2.24) is 0 Å². The molecule has 2 aliphatic heterocycles. The smallest absolute Gasteiger partial charge is 0.271 e. The van der Waals surface area contributed by atoms with Crippen LogP contribution < -0.4 is 14.5 Å². The molecular formula is C39H29BrClN3O8. The first-order valence-electron chi connectivity index (χ1n) is 16.6. The molecule has 13 heteroatoms. The number of anilines is 2. The van der Waals surface area contributed by atoms with Crippen molar-refractivity contribution in [3.05, 3.63) is 133 Å². The quantitative estimate of drug-likeness (QED) is 0.0944. The van der Waals surface area contributed by atoms with Crippen molar-refractivity contribution < 1.29 is 33.9 Å². The Balaban J connectivity index is 1.37. The van der Waals surface area contributed by atoms with Gasteiger partial charge in [0, 0.05) is 33.1 Å². The molecule has 4 aliphatic rings. The fourth-order valence-corrected chi connectivity index (χ4v) is 9.70. The summed E-state index contributed by atoms with van der Waals surface area (Å²) in [5, 5.41) is 23.8. The van der Waals surface area contributed by atoms with Crippen LogP contribution in [0.2, 0.25) is 5.02 Å². The number of carbonyl (C=O) groups excluding carboxylic acids is 4. The minimum atomic E-state index is -1.61. The predicted octanol–water partition coefficient (Wildman–Crippen LogP) is 7.09. The van der Waals surface area contributed by atoms with E-state index in [2.05, 4.69) is 15.9 Å². The molecule has 11 nitrogen and oxygen atoms in total. The summed E-state index contributed by atoms with van der Waals surface area (Å²) >= 11 is 9.92. The number of non-ortho nitro benzene ring substituents is 1. The monoisotopic (exact) mass is 781 g/mol. The summed E-state index contributed by atoms with van der Waals surface area (Å²) in [7, 11) is 1.41. The molecule has 4 aromatic rings. The van der Waals surface area contributed by atoms with Gasteiger partial charge in [0.25, 0.3) is 5.69 Å². The van der Waals surface area contributed by atoms with Crippen LogP contribution in [-0.4, -0.2) is 40.8 Å². The number of phenolic OH excluding ortho intramolecular Hbond substituents is 1. The molecule has 52 heavy (non-hydrogen) atoms. The topological polar surface area (TPSA) is 147 Å². The fourth-order valence-electron chi connectivity index (χ4n) is 9.06. The number of hydrogen-bond acceptors (Lipinski definition) is 8. The third kappa shape index (κ3) is 4.77. The maximum atomic E-state index is 15.4. The van der Waals surface area contributed by atoms with E-state index in [1.807, 2.05) is 6.08 Å². The van der Waals surface area contributed by atoms with Crippen molar-refractivity contribution >= 4 is 68.2 Å². The van der Waals surface area contributed by atoms with Crippen LogP contribution in [0.5, 0.6) is 11.5 Å². The van der Waals surface area contributed by atoms with Crippen molar-refractivity contribution in [3.63, 3.8) is 0 Å². The number of ether oxygens (including phenoxy) is 1. The molecule has 4 aromatic carbocycles. The molecule has 0 aromatic heterocycles. The van der Waals surface area contributed by atoms with Gasteiger partial charge in [-0.25, -0.2) is 9.80 Å². The Kier molecular flexibility index (Phi) is 8.07. The van der Waals surface area contributed by atoms with Gasteiger partial charge in [0.1, 0.15) is 0 Å². The van der Waals surface area contributed by atoms with Gasteiger partial charge in [0.15, 0.2) is 11.5 Å². The lowest BCUT2D eigenvalue weighted by Gasteiger charge is -2.50. The SMILES string of the molecule is COc1cc(Br)cc(C2C3=CCC4C(=O)N(c5cccc([N+](=O)[O-])c5)C(=O)C4C3CC3C(=O)N(c4cccc(Cl)c4)C(=O)C32c2ccccc2)c1O. The van der Waals surface area contributed by atoms with E-state index in [1.54, 1.807) is 66.7 Å². The average molecular weight is 783 g/mol. The highest BCUT2D eigenvalue weighted by atomic mass is 79.9. The van der Waals surface area contributed by atoms with Crippen LogP contribution in [0.3, 0.4) is 0 Å². The molecule has 1 saturated carbocycles. The van der Waals surface area contributed by atoms with Gasteiger partial charge < -0.3 is 9.84 Å². The first-order chi connectivity index (χ1) is 25.0. The molecule has 4 amide bonds. The van der Waals surface area contributed by atoms with Crippen molar-refractivity contribution in [2.45, 2.75) is 24.2 Å². The van der Waals surface area contributed by atoms with Gasteiger partial charge in [-0.15, -0.1) is 0 Å². The number of fused-ring (bicyclic) bond motifs is 4. The number of methoxy groups -OCH3 is 1. The third-order valence-corrected chi connectivity index (χ3v) is 11.8. The Morgan fingerprint density at radius 2 is 1.60 bits per heavy atom. The number of hydrogen-bond donors (Lipinski definition) is 1. The van der Waals surface area contributed by atoms with Gasteiger partial charge in [-0.1, -0.05) is 81.6 Å². The number of phenols is 1. The van der Waals surface area contributed by atoms with Crippen LogP contribution in [0.4, 0.5) is 17.1 Å². The molecule has 2 saturated heterocycles. The standard InChI is InChI=1S/C39H29BrClN3O8/c1-52-31-16-21(40)15-29(34(31)45)33-26-13-14-27-32(37(48)42(35(27)46)24-11-6-12-25(18-24)44(50)51)28(26)19-30-36(47)43(23-10-5-9-22(41)17-23)38(49)39(30,33)20-7-3-2-4-8-20/h2-13,15-18,27-28,30,32-33,45H,14,19H2,1H3. The van der Waals surface area contributed by atoms with E-state index in [0.717, 1.165) is 9.80 Å². The maximum Gasteiger partial charge on any atom is 0.271 e. The molecule has 262 valence electrons. The molecule has 0 spiro atoms. The molecule has 0 radical (unpaired) electrons. The molecule has 1 N–H and O–H groups in total. The Morgan fingerprint density at radius 3 is 2.29 bits per heavy atom. The molecule has 6 atom stereocenters. The fraction of sp³-hybridized carbons (Fsp3) is 0.231. The van der Waals surface area contributed by atoms with E-state index in [4.69, 9.17) is 16.3 Å².